The molecule has 27 heavy (non-hydrogen) atoms. The molecule has 0 aliphatic carbocycles. The molecule has 0 atom stereocenters. The molecule has 1 heterocycles. The predicted molar refractivity (Wildman–Crippen MR) is 110 cm³/mol. The number of nitrogens with one attached hydrogen (secondary N) is 1. The topological polar surface area (TPSA) is 72.0 Å². The summed E-state index contributed by atoms with van der Waals surface area (Å²) < 4.78 is 5.66. The van der Waals surface area contributed by atoms with Crippen molar-refractivity contribution in [2.45, 2.75) is 64.3 Å². The number of nitrogens with zero attached hydrogens (tertiary/aromatic N) is 1. The summed E-state index contributed by atoms with van der Waals surface area (Å²) in [6.45, 7) is 8.06. The van der Waals surface area contributed by atoms with E-state index < -0.39 is 0 Å². The molecule has 0 radical (unpaired) electrons. The fourth-order valence-electron chi connectivity index (χ4n) is 2.85. The van der Waals surface area contributed by atoms with Crippen molar-refractivity contribution < 1.29 is 9.53 Å². The lowest BCUT2D eigenvalue weighted by molar-refractivity contribution is 0.101. The summed E-state index contributed by atoms with van der Waals surface area (Å²) >= 11 is 1.44. The van der Waals surface area contributed by atoms with Crippen LogP contribution in [0, 0.1) is 6.92 Å². The zero-order valence-electron chi connectivity index (χ0n) is 16.6. The predicted octanol–water partition coefficient (Wildman–Crippen LogP) is 4.70. The molecule has 2 aromatic rings. The van der Waals surface area contributed by atoms with Gasteiger partial charge in [-0.15, -0.1) is 0 Å². The summed E-state index contributed by atoms with van der Waals surface area (Å²) in [5.74, 6) is 1.34. The van der Waals surface area contributed by atoms with Gasteiger partial charge in [-0.3, -0.25) is 9.59 Å². The van der Waals surface area contributed by atoms with Crippen LogP contribution in [0.2, 0.25) is 0 Å². The first-order chi connectivity index (χ1) is 13.0. The van der Waals surface area contributed by atoms with Gasteiger partial charge in [-0.1, -0.05) is 31.5 Å². The van der Waals surface area contributed by atoms with Crippen LogP contribution >= 0.6 is 11.8 Å². The zero-order valence-corrected chi connectivity index (χ0v) is 17.4. The molecule has 0 aliphatic heterocycles. The maximum atomic E-state index is 12.4. The Bertz CT molecular complexity index is 846. The molecule has 0 amide bonds. The Morgan fingerprint density at radius 2 is 2.04 bits per heavy atom. The van der Waals surface area contributed by atoms with Gasteiger partial charge in [0.2, 0.25) is 0 Å². The number of Topliss-reactive ketones (excluding diaryl/α,β-unsaturated/α-hetero) is 1. The molecule has 1 aromatic carbocycles. The first-order valence-electron chi connectivity index (χ1n) is 9.45. The second-order valence-electron chi connectivity index (χ2n) is 6.49. The minimum atomic E-state index is -0.0522. The summed E-state index contributed by atoms with van der Waals surface area (Å²) in [6.07, 6.45) is 4.01. The molecule has 0 aliphatic rings. The molecule has 5 nitrogen and oxygen atoms in total. The fraction of sp³-hybridized carbons (Fsp3) is 0.476. The lowest BCUT2D eigenvalue weighted by Crippen LogP contribution is -2.17. The highest BCUT2D eigenvalue weighted by molar-refractivity contribution is 7.98. The van der Waals surface area contributed by atoms with E-state index in [1.807, 2.05) is 26.0 Å². The van der Waals surface area contributed by atoms with E-state index in [1.165, 1.54) is 11.8 Å². The Morgan fingerprint density at radius 3 is 2.67 bits per heavy atom. The van der Waals surface area contributed by atoms with E-state index in [4.69, 9.17) is 4.74 Å². The molecule has 0 fully saturated rings. The van der Waals surface area contributed by atoms with E-state index in [2.05, 4.69) is 16.9 Å². The Balaban J connectivity index is 2.17. The number of hydrogen-bond acceptors (Lipinski definition) is 5. The molecule has 0 saturated heterocycles. The van der Waals surface area contributed by atoms with Crippen LogP contribution < -0.4 is 10.3 Å². The zero-order chi connectivity index (χ0) is 19.8. The van der Waals surface area contributed by atoms with E-state index in [1.54, 1.807) is 13.0 Å². The van der Waals surface area contributed by atoms with Crippen LogP contribution in [0.1, 0.15) is 67.2 Å². The number of carbonyl (C=O) groups excluding carboxylic acids is 1. The number of ketones is 1. The highest BCUT2D eigenvalue weighted by Crippen LogP contribution is 2.27. The molecular weight excluding hydrogens is 360 g/mol. The molecule has 2 rings (SSSR count). The van der Waals surface area contributed by atoms with E-state index in [0.717, 1.165) is 48.3 Å². The molecule has 0 unspecified atom stereocenters. The largest absolute Gasteiger partial charge is 0.494 e. The number of thioether (sulfide) groups is 1. The van der Waals surface area contributed by atoms with Crippen molar-refractivity contribution in [2.75, 3.05) is 6.61 Å². The number of aryl methyl sites for hydroxylation is 1. The van der Waals surface area contributed by atoms with Crippen LogP contribution in [0.3, 0.4) is 0 Å². The second kappa shape index (κ2) is 10.3. The van der Waals surface area contributed by atoms with Crippen molar-refractivity contribution in [1.82, 2.24) is 9.97 Å². The van der Waals surface area contributed by atoms with Crippen LogP contribution in [0.25, 0.3) is 0 Å². The van der Waals surface area contributed by atoms with Crippen LogP contribution in [0.5, 0.6) is 5.75 Å². The molecule has 6 heteroatoms. The van der Waals surface area contributed by atoms with Gasteiger partial charge in [0.05, 0.1) is 6.61 Å². The summed E-state index contributed by atoms with van der Waals surface area (Å²) in [6, 6.07) is 5.45. The molecule has 0 saturated carbocycles. The number of hydrogen-bond donors (Lipinski definition) is 1. The summed E-state index contributed by atoms with van der Waals surface area (Å²) in [7, 11) is 0. The third kappa shape index (κ3) is 5.96. The third-order valence-corrected chi connectivity index (χ3v) is 5.28. The van der Waals surface area contributed by atoms with Gasteiger partial charge < -0.3 is 9.72 Å². The van der Waals surface area contributed by atoms with Gasteiger partial charge in [0, 0.05) is 28.1 Å². The lowest BCUT2D eigenvalue weighted by Gasteiger charge is -2.12. The summed E-state index contributed by atoms with van der Waals surface area (Å²) in [5.41, 5.74) is 3.09. The first kappa shape index (κ1) is 21.2. The SMILES string of the molecule is CCCCCc1c(C)nc(SCc2cc(C(C)=O)ccc2OCC)[nH]c1=O. The molecule has 1 aromatic heterocycles. The second-order valence-corrected chi connectivity index (χ2v) is 7.46. The fourth-order valence-corrected chi connectivity index (χ4v) is 3.74. The normalized spacial score (nSPS) is 10.8. The van der Waals surface area contributed by atoms with E-state index in [9.17, 15) is 9.59 Å². The minimum Gasteiger partial charge on any atom is -0.494 e. The number of ether oxygens (including phenoxy) is 1. The molecule has 146 valence electrons. The van der Waals surface area contributed by atoms with E-state index >= 15 is 0 Å². The Morgan fingerprint density at radius 1 is 1.26 bits per heavy atom. The summed E-state index contributed by atoms with van der Waals surface area (Å²) in [4.78, 5) is 31.5. The van der Waals surface area contributed by atoms with Gasteiger partial charge in [-0.25, -0.2) is 4.98 Å². The van der Waals surface area contributed by atoms with Crippen LogP contribution in [0.15, 0.2) is 28.2 Å². The minimum absolute atomic E-state index is 0.0168. The monoisotopic (exact) mass is 388 g/mol. The number of rotatable bonds is 10. The average molecular weight is 389 g/mol. The maximum absolute atomic E-state index is 12.4. The van der Waals surface area contributed by atoms with E-state index in [0.29, 0.717) is 23.1 Å². The number of H-pyrrole nitrogens is 1. The number of aromatic amines is 1. The Hall–Kier alpha value is -2.08. The molecular formula is C21H28N2O3S. The molecule has 1 N–H and O–H groups in total. The van der Waals surface area contributed by atoms with Gasteiger partial charge in [0.25, 0.3) is 5.56 Å². The van der Waals surface area contributed by atoms with E-state index in [-0.39, 0.29) is 11.3 Å². The Kier molecular flexibility index (Phi) is 8.10. The smallest absolute Gasteiger partial charge is 0.254 e. The van der Waals surface area contributed by atoms with Crippen LogP contribution in [-0.4, -0.2) is 22.4 Å². The quantitative estimate of drug-likeness (QED) is 0.276. The number of unbranched alkanes of at least 4 members (excludes halogenated alkanes) is 2. The van der Waals surface area contributed by atoms with Crippen molar-refractivity contribution in [2.24, 2.45) is 0 Å². The Labute approximate surface area is 165 Å². The van der Waals surface area contributed by atoms with Gasteiger partial charge >= 0.3 is 0 Å². The molecule has 0 bridgehead atoms. The van der Waals surface area contributed by atoms with Gasteiger partial charge in [0.1, 0.15) is 5.75 Å². The standard InChI is InChI=1S/C21H28N2O3S/c1-5-7-8-9-18-14(3)22-21(23-20(18)25)27-13-17-12-16(15(4)24)10-11-19(17)26-6-2/h10-12H,5-9,13H2,1-4H3,(H,22,23,25). The highest BCUT2D eigenvalue weighted by Gasteiger charge is 2.12. The number of aromatic nitrogens is 2. The number of carbonyl (C=O) groups is 1. The van der Waals surface area contributed by atoms with Gasteiger partial charge in [-0.2, -0.15) is 0 Å². The van der Waals surface area contributed by atoms with Crippen molar-refractivity contribution in [3.63, 3.8) is 0 Å². The van der Waals surface area contributed by atoms with Crippen molar-refractivity contribution in [3.8, 4) is 5.75 Å². The third-order valence-electron chi connectivity index (χ3n) is 4.36. The van der Waals surface area contributed by atoms with Gasteiger partial charge in [0.15, 0.2) is 10.9 Å². The van der Waals surface area contributed by atoms with Crippen molar-refractivity contribution >= 4 is 17.5 Å². The van der Waals surface area contributed by atoms with Crippen molar-refractivity contribution in [3.05, 3.63) is 50.9 Å². The van der Waals surface area contributed by atoms with Crippen molar-refractivity contribution in [1.29, 1.82) is 0 Å². The maximum Gasteiger partial charge on any atom is 0.254 e. The molecule has 0 spiro atoms. The lowest BCUT2D eigenvalue weighted by atomic mass is 10.1. The first-order valence-corrected chi connectivity index (χ1v) is 10.4. The van der Waals surface area contributed by atoms with Gasteiger partial charge in [-0.05, 0) is 51.8 Å². The van der Waals surface area contributed by atoms with Crippen LogP contribution in [0.4, 0.5) is 0 Å². The van der Waals surface area contributed by atoms with Crippen LogP contribution in [-0.2, 0) is 12.2 Å². The highest BCUT2D eigenvalue weighted by atomic mass is 32.2. The summed E-state index contributed by atoms with van der Waals surface area (Å²) in [5, 5.41) is 0.590. The average Bonchev–Trinajstić information content (AvgIpc) is 2.63. The number of benzene rings is 1.